The van der Waals surface area contributed by atoms with Crippen LogP contribution in [0.4, 0.5) is 11.4 Å². The molecule has 1 aliphatic rings. The number of aryl methyl sites for hydroxylation is 2. The minimum absolute atomic E-state index is 0.0429. The molecule has 1 saturated heterocycles. The van der Waals surface area contributed by atoms with Gasteiger partial charge in [0, 0.05) is 43.1 Å². The third-order valence-electron chi connectivity index (χ3n) is 5.93. The highest BCUT2D eigenvalue weighted by atomic mass is 16.2. The number of hydrogen-bond donors (Lipinski definition) is 2. The quantitative estimate of drug-likeness (QED) is 0.748. The van der Waals surface area contributed by atoms with Crippen molar-refractivity contribution in [1.82, 2.24) is 10.2 Å². The van der Waals surface area contributed by atoms with Gasteiger partial charge in [0.1, 0.15) is 6.04 Å². The molecule has 166 valence electrons. The Morgan fingerprint density at radius 2 is 1.61 bits per heavy atom. The van der Waals surface area contributed by atoms with Gasteiger partial charge in [0.25, 0.3) is 5.91 Å². The summed E-state index contributed by atoms with van der Waals surface area (Å²) >= 11 is 0. The van der Waals surface area contributed by atoms with Crippen molar-refractivity contribution in [3.8, 4) is 0 Å². The van der Waals surface area contributed by atoms with Crippen LogP contribution < -0.4 is 15.5 Å². The second-order valence-electron chi connectivity index (χ2n) is 8.79. The molecule has 1 heterocycles. The number of carbonyl (C=O) groups is 2. The number of likely N-dealkylation sites (N-methyl/N-ethyl adjacent to an activating group) is 1. The Balaban J connectivity index is 1.68. The van der Waals surface area contributed by atoms with E-state index in [0.29, 0.717) is 5.56 Å². The highest BCUT2D eigenvalue weighted by molar-refractivity contribution is 6.02. The molecular weight excluding hydrogens is 388 g/mol. The number of piperazine rings is 1. The molecule has 31 heavy (non-hydrogen) atoms. The summed E-state index contributed by atoms with van der Waals surface area (Å²) < 4.78 is 0. The molecule has 0 unspecified atom stereocenters. The van der Waals surface area contributed by atoms with Crippen LogP contribution in [0, 0.1) is 19.8 Å². The van der Waals surface area contributed by atoms with E-state index in [9.17, 15) is 9.59 Å². The molecule has 0 bridgehead atoms. The topological polar surface area (TPSA) is 64.7 Å². The summed E-state index contributed by atoms with van der Waals surface area (Å²) in [6.07, 6.45) is 0. The van der Waals surface area contributed by atoms with E-state index in [1.807, 2.05) is 51.1 Å². The number of nitrogens with zero attached hydrogens (tertiary/aromatic N) is 2. The molecule has 0 spiro atoms. The molecule has 2 aromatic carbocycles. The summed E-state index contributed by atoms with van der Waals surface area (Å²) in [7, 11) is 2.14. The summed E-state index contributed by atoms with van der Waals surface area (Å²) in [4.78, 5) is 30.5. The van der Waals surface area contributed by atoms with Crippen LogP contribution in [0.25, 0.3) is 0 Å². The first kappa shape index (κ1) is 22.8. The minimum Gasteiger partial charge on any atom is -0.369 e. The molecule has 6 nitrogen and oxygen atoms in total. The molecule has 2 aromatic rings. The van der Waals surface area contributed by atoms with Gasteiger partial charge in [-0.15, -0.1) is 0 Å². The summed E-state index contributed by atoms with van der Waals surface area (Å²) in [5.41, 5.74) is 4.56. The molecule has 6 heteroatoms. The van der Waals surface area contributed by atoms with E-state index >= 15 is 0 Å². The lowest BCUT2D eigenvalue weighted by Crippen LogP contribution is -2.47. The van der Waals surface area contributed by atoms with Crippen LogP contribution in [0.1, 0.15) is 35.3 Å². The maximum absolute atomic E-state index is 13.0. The number of benzene rings is 2. The van der Waals surface area contributed by atoms with E-state index < -0.39 is 6.04 Å². The van der Waals surface area contributed by atoms with Crippen LogP contribution >= 0.6 is 0 Å². The Kier molecular flexibility index (Phi) is 7.33. The van der Waals surface area contributed by atoms with Gasteiger partial charge in [-0.25, -0.2) is 0 Å². The first-order valence-corrected chi connectivity index (χ1v) is 11.0. The maximum Gasteiger partial charge on any atom is 0.252 e. The molecule has 0 saturated carbocycles. The van der Waals surface area contributed by atoms with Gasteiger partial charge in [-0.05, 0) is 62.2 Å². The number of nitrogens with one attached hydrogen (secondary N) is 2. The number of carbonyl (C=O) groups excluding carboxylic acids is 2. The van der Waals surface area contributed by atoms with Crippen LogP contribution in [0.3, 0.4) is 0 Å². The zero-order chi connectivity index (χ0) is 22.5. The number of rotatable bonds is 6. The van der Waals surface area contributed by atoms with Crippen molar-refractivity contribution in [2.75, 3.05) is 43.4 Å². The van der Waals surface area contributed by atoms with Crippen LogP contribution in [-0.4, -0.2) is 56.0 Å². The van der Waals surface area contributed by atoms with Gasteiger partial charge in [0.15, 0.2) is 0 Å². The lowest BCUT2D eigenvalue weighted by Gasteiger charge is -2.35. The normalized spacial score (nSPS) is 15.6. The van der Waals surface area contributed by atoms with Crippen molar-refractivity contribution in [3.05, 3.63) is 59.2 Å². The molecule has 1 fully saturated rings. The summed E-state index contributed by atoms with van der Waals surface area (Å²) in [5, 5.41) is 5.90. The first-order valence-electron chi connectivity index (χ1n) is 11.0. The Bertz CT molecular complexity index is 933. The number of hydrogen-bond acceptors (Lipinski definition) is 4. The third-order valence-corrected chi connectivity index (χ3v) is 5.93. The van der Waals surface area contributed by atoms with E-state index in [0.717, 1.165) is 43.0 Å². The van der Waals surface area contributed by atoms with Crippen molar-refractivity contribution < 1.29 is 9.59 Å². The fourth-order valence-corrected chi connectivity index (χ4v) is 3.94. The second-order valence-corrected chi connectivity index (χ2v) is 8.79. The fraction of sp³-hybridized carbons (Fsp3) is 0.440. The predicted molar refractivity (Wildman–Crippen MR) is 127 cm³/mol. The van der Waals surface area contributed by atoms with Gasteiger partial charge in [-0.2, -0.15) is 0 Å². The zero-order valence-corrected chi connectivity index (χ0v) is 19.2. The largest absolute Gasteiger partial charge is 0.369 e. The molecule has 0 aromatic heterocycles. The molecule has 1 atom stereocenters. The van der Waals surface area contributed by atoms with Crippen molar-refractivity contribution in [2.24, 2.45) is 5.92 Å². The summed E-state index contributed by atoms with van der Waals surface area (Å²) in [6.45, 7) is 11.9. The Hall–Kier alpha value is -2.86. The standard InChI is InChI=1S/C25H34N4O2/c1-17(2)23(27-24(30)21-9-7-6-8-18(21)3)25(31)26-20-10-11-22(19(4)16-20)29-14-12-28(5)13-15-29/h6-11,16-17,23H,12-15H2,1-5H3,(H,26,31)(H,27,30)/t23-/m1/s1. The Labute approximate surface area is 185 Å². The van der Waals surface area contributed by atoms with Gasteiger partial charge in [0.2, 0.25) is 5.91 Å². The third kappa shape index (κ3) is 5.64. The Morgan fingerprint density at radius 1 is 0.935 bits per heavy atom. The lowest BCUT2D eigenvalue weighted by atomic mass is 10.0. The van der Waals surface area contributed by atoms with E-state index in [1.165, 1.54) is 5.69 Å². The number of amides is 2. The average molecular weight is 423 g/mol. The van der Waals surface area contributed by atoms with Gasteiger partial charge in [-0.1, -0.05) is 32.0 Å². The van der Waals surface area contributed by atoms with Crippen molar-refractivity contribution in [2.45, 2.75) is 33.7 Å². The van der Waals surface area contributed by atoms with Crippen LogP contribution in [-0.2, 0) is 4.79 Å². The highest BCUT2D eigenvalue weighted by Crippen LogP contribution is 2.25. The first-order chi connectivity index (χ1) is 14.8. The van der Waals surface area contributed by atoms with Crippen LogP contribution in [0.2, 0.25) is 0 Å². The van der Waals surface area contributed by atoms with Gasteiger partial charge < -0.3 is 20.4 Å². The van der Waals surface area contributed by atoms with E-state index in [2.05, 4.69) is 40.5 Å². The van der Waals surface area contributed by atoms with E-state index in [4.69, 9.17) is 0 Å². The zero-order valence-electron chi connectivity index (χ0n) is 19.2. The maximum atomic E-state index is 13.0. The molecule has 2 N–H and O–H groups in total. The van der Waals surface area contributed by atoms with Gasteiger partial charge in [-0.3, -0.25) is 9.59 Å². The SMILES string of the molecule is Cc1ccccc1C(=O)N[C@@H](C(=O)Nc1ccc(N2CCN(C)CC2)c(C)c1)C(C)C. The monoisotopic (exact) mass is 422 g/mol. The van der Waals surface area contributed by atoms with E-state index in [-0.39, 0.29) is 17.7 Å². The molecule has 3 rings (SSSR count). The van der Waals surface area contributed by atoms with Crippen molar-refractivity contribution >= 4 is 23.2 Å². The average Bonchev–Trinajstić information content (AvgIpc) is 2.73. The second kappa shape index (κ2) is 9.96. The molecular formula is C25H34N4O2. The van der Waals surface area contributed by atoms with Crippen molar-refractivity contribution in [3.63, 3.8) is 0 Å². The summed E-state index contributed by atoms with van der Waals surface area (Å²) in [6, 6.07) is 12.8. The molecule has 2 amide bonds. The molecule has 1 aliphatic heterocycles. The van der Waals surface area contributed by atoms with Crippen LogP contribution in [0.15, 0.2) is 42.5 Å². The minimum atomic E-state index is -0.621. The lowest BCUT2D eigenvalue weighted by molar-refractivity contribution is -0.118. The van der Waals surface area contributed by atoms with Gasteiger partial charge >= 0.3 is 0 Å². The van der Waals surface area contributed by atoms with Crippen LogP contribution in [0.5, 0.6) is 0 Å². The predicted octanol–water partition coefficient (Wildman–Crippen LogP) is 3.45. The van der Waals surface area contributed by atoms with Crippen molar-refractivity contribution in [1.29, 1.82) is 0 Å². The molecule has 0 aliphatic carbocycles. The fourth-order valence-electron chi connectivity index (χ4n) is 3.94. The number of anilines is 2. The smallest absolute Gasteiger partial charge is 0.252 e. The molecule has 0 radical (unpaired) electrons. The van der Waals surface area contributed by atoms with Gasteiger partial charge in [0.05, 0.1) is 0 Å². The summed E-state index contributed by atoms with van der Waals surface area (Å²) in [5.74, 6) is -0.476. The highest BCUT2D eigenvalue weighted by Gasteiger charge is 2.25. The Morgan fingerprint density at radius 3 is 2.23 bits per heavy atom. The van der Waals surface area contributed by atoms with E-state index in [1.54, 1.807) is 6.07 Å².